The van der Waals surface area contributed by atoms with Crippen molar-refractivity contribution in [2.24, 2.45) is 0 Å². The van der Waals surface area contributed by atoms with Crippen LogP contribution in [-0.4, -0.2) is 68.5 Å². The molecule has 1 amide bonds. The number of nitrogens with one attached hydrogen (secondary N) is 1. The molecule has 0 aliphatic rings. The van der Waals surface area contributed by atoms with Crippen LogP contribution in [0.2, 0.25) is 0 Å². The molecule has 0 fully saturated rings. The molecule has 0 aromatic heterocycles. The third-order valence-electron chi connectivity index (χ3n) is 15.7. The van der Waals surface area contributed by atoms with Gasteiger partial charge in [0.25, 0.3) is 7.82 Å². The van der Waals surface area contributed by atoms with E-state index in [1.54, 1.807) is 6.08 Å². The molecule has 0 heterocycles. The summed E-state index contributed by atoms with van der Waals surface area (Å²) in [5.41, 5.74) is 0. The smallest absolute Gasteiger partial charge is 0.268 e. The predicted molar refractivity (Wildman–Crippen MR) is 348 cm³/mol. The van der Waals surface area contributed by atoms with Crippen molar-refractivity contribution in [2.75, 3.05) is 40.9 Å². The lowest BCUT2D eigenvalue weighted by Crippen LogP contribution is -2.45. The van der Waals surface area contributed by atoms with Gasteiger partial charge in [0.15, 0.2) is 0 Å². The van der Waals surface area contributed by atoms with Gasteiger partial charge in [-0.25, -0.2) is 0 Å². The van der Waals surface area contributed by atoms with Crippen molar-refractivity contribution in [2.45, 2.75) is 347 Å². The number of aliphatic hydroxyl groups excluding tert-OH is 1. The number of likely N-dealkylation sites (N-methyl/N-ethyl adjacent to an activating group) is 1. The highest BCUT2D eigenvalue weighted by Gasteiger charge is 2.23. The Morgan fingerprint density at radius 2 is 0.738 bits per heavy atom. The van der Waals surface area contributed by atoms with E-state index >= 15 is 0 Å². The van der Waals surface area contributed by atoms with E-state index in [-0.39, 0.29) is 12.5 Å². The first-order valence-electron chi connectivity index (χ1n) is 34.7. The molecule has 0 aromatic carbocycles. The molecular weight excluding hydrogens is 1010 g/mol. The molecule has 8 nitrogen and oxygen atoms in total. The molecule has 3 unspecified atom stereocenters. The quantitative estimate of drug-likeness (QED) is 0.0272. The van der Waals surface area contributed by atoms with Gasteiger partial charge < -0.3 is 28.8 Å². The average molecular weight is 1140 g/mol. The zero-order chi connectivity index (χ0) is 58.4. The topological polar surface area (TPSA) is 108 Å². The second-order valence-electron chi connectivity index (χ2n) is 24.9. The molecular formula is C71H135N2O6P. The third-order valence-corrected chi connectivity index (χ3v) is 16.6. The lowest BCUT2D eigenvalue weighted by Gasteiger charge is -2.29. The Morgan fingerprint density at radius 3 is 1.09 bits per heavy atom. The van der Waals surface area contributed by atoms with E-state index in [9.17, 15) is 19.4 Å². The third kappa shape index (κ3) is 63.8. The van der Waals surface area contributed by atoms with Crippen LogP contribution in [0.5, 0.6) is 0 Å². The van der Waals surface area contributed by atoms with Crippen molar-refractivity contribution in [1.29, 1.82) is 0 Å². The van der Waals surface area contributed by atoms with E-state index in [1.165, 1.54) is 263 Å². The number of aliphatic hydroxyl groups is 1. The fourth-order valence-electron chi connectivity index (χ4n) is 10.3. The largest absolute Gasteiger partial charge is 0.756 e. The highest BCUT2D eigenvalue weighted by molar-refractivity contribution is 7.45. The molecule has 0 rings (SSSR count). The molecule has 470 valence electrons. The summed E-state index contributed by atoms with van der Waals surface area (Å²) in [5, 5.41) is 13.9. The van der Waals surface area contributed by atoms with E-state index in [1.807, 2.05) is 27.2 Å². The standard InChI is InChI=1S/C71H135N2O6P/c1-6-8-10-12-14-16-18-20-22-24-26-28-30-32-33-34-35-36-37-38-39-41-43-45-47-49-51-53-55-57-59-61-63-65-71(75)72-69(68-79-80(76,77)78-67-66-73(3,4)5)70(74)64-62-60-58-56-54-52-50-48-46-44-42-40-31-29-27-25-23-21-19-17-15-13-11-9-7-2/h18,20,24,26,46,48,54,56,62,64,69-70,74H,6-17,19,21-23,25,27-45,47,49-53,55,57-61,63,65-68H2,1-5H3,(H-,72,75,76,77)/b20-18-,26-24-,48-46+,56-54+,64-62+. The first-order valence-corrected chi connectivity index (χ1v) is 36.1. The van der Waals surface area contributed by atoms with Crippen molar-refractivity contribution >= 4 is 13.7 Å². The highest BCUT2D eigenvalue weighted by atomic mass is 31.2. The average Bonchev–Trinajstić information content (AvgIpc) is 3.42. The number of hydrogen-bond donors (Lipinski definition) is 2. The summed E-state index contributed by atoms with van der Waals surface area (Å²) >= 11 is 0. The Kier molecular flexibility index (Phi) is 60.4. The Bertz CT molecular complexity index is 1490. The van der Waals surface area contributed by atoms with E-state index in [0.717, 1.165) is 51.4 Å². The molecule has 0 aromatic rings. The summed E-state index contributed by atoms with van der Waals surface area (Å²) in [4.78, 5) is 25.6. The Morgan fingerprint density at radius 1 is 0.438 bits per heavy atom. The van der Waals surface area contributed by atoms with Crippen molar-refractivity contribution in [3.05, 3.63) is 60.8 Å². The monoisotopic (exact) mass is 1140 g/mol. The van der Waals surface area contributed by atoms with Crippen molar-refractivity contribution in [1.82, 2.24) is 5.32 Å². The molecule has 0 saturated heterocycles. The fourth-order valence-corrected chi connectivity index (χ4v) is 11.0. The predicted octanol–water partition coefficient (Wildman–Crippen LogP) is 21.4. The van der Waals surface area contributed by atoms with Gasteiger partial charge in [0.2, 0.25) is 5.91 Å². The van der Waals surface area contributed by atoms with Crippen molar-refractivity contribution < 1.29 is 32.9 Å². The van der Waals surface area contributed by atoms with Crippen LogP contribution in [0.4, 0.5) is 0 Å². The van der Waals surface area contributed by atoms with Crippen LogP contribution < -0.4 is 10.2 Å². The van der Waals surface area contributed by atoms with Gasteiger partial charge in [-0.3, -0.25) is 9.36 Å². The number of nitrogens with zero attached hydrogens (tertiary/aromatic N) is 1. The fraction of sp³-hybridized carbons (Fsp3) is 0.845. The molecule has 0 aliphatic heterocycles. The maximum Gasteiger partial charge on any atom is 0.268 e. The van der Waals surface area contributed by atoms with Gasteiger partial charge in [-0.05, 0) is 77.0 Å². The zero-order valence-electron chi connectivity index (χ0n) is 53.8. The lowest BCUT2D eigenvalue weighted by molar-refractivity contribution is -0.870. The SMILES string of the molecule is CCCCCCC/C=C\C/C=C\CCCCCCCCCCCCCCCCCCCCCCCC(=O)NC(COP(=O)([O-])OCC[N+](C)(C)C)C(O)/C=C/CC/C=C/CC/C=C/CCCCCCCCCCCCCCCCC. The number of hydrogen-bond acceptors (Lipinski definition) is 6. The molecule has 0 aliphatic carbocycles. The van der Waals surface area contributed by atoms with Crippen LogP contribution in [0, 0.1) is 0 Å². The summed E-state index contributed by atoms with van der Waals surface area (Å²) in [6.07, 6.45) is 84.9. The number of rotatable bonds is 64. The molecule has 3 atom stereocenters. The number of unbranched alkanes of at least 4 members (excludes halogenated alkanes) is 43. The van der Waals surface area contributed by atoms with Crippen molar-refractivity contribution in [3.63, 3.8) is 0 Å². The lowest BCUT2D eigenvalue weighted by atomic mass is 10.0. The molecule has 80 heavy (non-hydrogen) atoms. The molecule has 2 N–H and O–H groups in total. The number of allylic oxidation sites excluding steroid dienone is 9. The normalized spacial score (nSPS) is 14.0. The van der Waals surface area contributed by atoms with Crippen LogP contribution in [0.25, 0.3) is 0 Å². The summed E-state index contributed by atoms with van der Waals surface area (Å²) in [7, 11) is 1.24. The minimum atomic E-state index is -4.62. The van der Waals surface area contributed by atoms with E-state index in [2.05, 4.69) is 67.8 Å². The van der Waals surface area contributed by atoms with Crippen LogP contribution in [0.1, 0.15) is 335 Å². The first-order chi connectivity index (χ1) is 39.0. The van der Waals surface area contributed by atoms with Gasteiger partial charge in [0, 0.05) is 6.42 Å². The van der Waals surface area contributed by atoms with Gasteiger partial charge in [0.05, 0.1) is 39.9 Å². The first kappa shape index (κ1) is 78.2. The van der Waals surface area contributed by atoms with Gasteiger partial charge in [-0.2, -0.15) is 0 Å². The second-order valence-corrected chi connectivity index (χ2v) is 26.3. The zero-order valence-corrected chi connectivity index (χ0v) is 54.7. The van der Waals surface area contributed by atoms with Crippen LogP contribution in [0.15, 0.2) is 60.8 Å². The number of phosphoric ester groups is 1. The number of carbonyl (C=O) groups excluding carboxylic acids is 1. The molecule has 0 radical (unpaired) electrons. The molecule has 0 spiro atoms. The summed E-state index contributed by atoms with van der Waals surface area (Å²) < 4.78 is 23.4. The van der Waals surface area contributed by atoms with Crippen LogP contribution in [0.3, 0.4) is 0 Å². The van der Waals surface area contributed by atoms with Gasteiger partial charge in [-0.15, -0.1) is 0 Å². The van der Waals surface area contributed by atoms with Crippen LogP contribution in [-0.2, 0) is 18.4 Å². The second kappa shape index (κ2) is 61.8. The van der Waals surface area contributed by atoms with Gasteiger partial charge >= 0.3 is 0 Å². The van der Waals surface area contributed by atoms with Gasteiger partial charge in [-0.1, -0.05) is 312 Å². The molecule has 0 saturated carbocycles. The summed E-state index contributed by atoms with van der Waals surface area (Å²) in [6.45, 7) is 4.65. The Hall–Kier alpha value is -1.80. The maximum absolute atomic E-state index is 13.0. The molecule has 0 bridgehead atoms. The Balaban J connectivity index is 4.09. The number of amides is 1. The highest BCUT2D eigenvalue weighted by Crippen LogP contribution is 2.38. The number of carbonyl (C=O) groups is 1. The number of quaternary nitrogens is 1. The maximum atomic E-state index is 13.0. The van der Waals surface area contributed by atoms with E-state index in [4.69, 9.17) is 9.05 Å². The minimum absolute atomic E-state index is 0.00883. The summed E-state index contributed by atoms with van der Waals surface area (Å²) in [5.74, 6) is -0.206. The van der Waals surface area contributed by atoms with E-state index < -0.39 is 26.6 Å². The Labute approximate surface area is 498 Å². The van der Waals surface area contributed by atoms with Crippen molar-refractivity contribution in [3.8, 4) is 0 Å². The summed E-state index contributed by atoms with van der Waals surface area (Å²) in [6, 6.07) is -0.912. The van der Waals surface area contributed by atoms with Crippen LogP contribution >= 0.6 is 7.82 Å². The van der Waals surface area contributed by atoms with Gasteiger partial charge in [0.1, 0.15) is 13.2 Å². The molecule has 9 heteroatoms. The van der Waals surface area contributed by atoms with E-state index in [0.29, 0.717) is 17.4 Å². The number of phosphoric acid groups is 1. The minimum Gasteiger partial charge on any atom is -0.756 e.